The SMILES string of the molecule is Cc1ccc(-c2ncc(C(=O)N3CCN(C(=O)N(C)C)CC3)c(=O)[nH]2)cc1. The number of aromatic amines is 1. The van der Waals surface area contributed by atoms with Gasteiger partial charge in [-0.15, -0.1) is 0 Å². The number of hydrogen-bond donors (Lipinski definition) is 1. The Hall–Kier alpha value is -3.16. The summed E-state index contributed by atoms with van der Waals surface area (Å²) in [5.74, 6) is 0.0640. The van der Waals surface area contributed by atoms with E-state index in [2.05, 4.69) is 9.97 Å². The first-order chi connectivity index (χ1) is 12.9. The minimum atomic E-state index is -0.461. The van der Waals surface area contributed by atoms with Crippen molar-refractivity contribution in [3.8, 4) is 11.4 Å². The van der Waals surface area contributed by atoms with Crippen LogP contribution < -0.4 is 5.56 Å². The standard InChI is InChI=1S/C19H23N5O3/c1-13-4-6-14(7-5-13)16-20-12-15(17(25)21-16)18(26)23-8-10-24(11-9-23)19(27)22(2)3/h4-7,12H,8-11H2,1-3H3,(H,20,21,25). The summed E-state index contributed by atoms with van der Waals surface area (Å²) in [6.07, 6.45) is 1.33. The van der Waals surface area contributed by atoms with Crippen LogP contribution in [0.2, 0.25) is 0 Å². The molecule has 142 valence electrons. The first-order valence-corrected chi connectivity index (χ1v) is 8.78. The molecule has 1 fully saturated rings. The van der Waals surface area contributed by atoms with Crippen molar-refractivity contribution in [3.05, 3.63) is 51.9 Å². The van der Waals surface area contributed by atoms with Crippen LogP contribution >= 0.6 is 0 Å². The van der Waals surface area contributed by atoms with E-state index in [1.54, 1.807) is 23.9 Å². The summed E-state index contributed by atoms with van der Waals surface area (Å²) in [4.78, 5) is 48.8. The Morgan fingerprint density at radius 2 is 1.63 bits per heavy atom. The van der Waals surface area contributed by atoms with Crippen LogP contribution in [0.15, 0.2) is 35.3 Å². The van der Waals surface area contributed by atoms with Crippen molar-refractivity contribution >= 4 is 11.9 Å². The van der Waals surface area contributed by atoms with E-state index < -0.39 is 5.56 Å². The largest absolute Gasteiger partial charge is 0.335 e. The van der Waals surface area contributed by atoms with Crippen LogP contribution in [0, 0.1) is 6.92 Å². The monoisotopic (exact) mass is 369 g/mol. The molecule has 8 heteroatoms. The summed E-state index contributed by atoms with van der Waals surface area (Å²) >= 11 is 0. The van der Waals surface area contributed by atoms with Crippen LogP contribution in [0.1, 0.15) is 15.9 Å². The Morgan fingerprint density at radius 3 is 2.19 bits per heavy atom. The molecule has 0 atom stereocenters. The Balaban J connectivity index is 1.72. The zero-order valence-electron chi connectivity index (χ0n) is 15.7. The van der Waals surface area contributed by atoms with E-state index in [9.17, 15) is 14.4 Å². The van der Waals surface area contributed by atoms with Gasteiger partial charge in [0.1, 0.15) is 11.4 Å². The van der Waals surface area contributed by atoms with Gasteiger partial charge in [0.25, 0.3) is 11.5 Å². The predicted octanol–water partition coefficient (Wildman–Crippen LogP) is 1.18. The van der Waals surface area contributed by atoms with E-state index >= 15 is 0 Å². The second kappa shape index (κ2) is 7.61. The molecule has 2 aromatic rings. The summed E-state index contributed by atoms with van der Waals surface area (Å²) in [7, 11) is 3.39. The Labute approximate surface area is 157 Å². The summed E-state index contributed by atoms with van der Waals surface area (Å²) in [5, 5.41) is 0. The zero-order chi connectivity index (χ0) is 19.6. The number of carbonyl (C=O) groups is 2. The number of H-pyrrole nitrogens is 1. The minimum Gasteiger partial charge on any atom is -0.335 e. The molecule has 1 aromatic carbocycles. The highest BCUT2D eigenvalue weighted by molar-refractivity contribution is 5.93. The molecule has 0 unspecified atom stereocenters. The fraction of sp³-hybridized carbons (Fsp3) is 0.368. The van der Waals surface area contributed by atoms with Gasteiger partial charge in [0.2, 0.25) is 0 Å². The van der Waals surface area contributed by atoms with E-state index in [1.807, 2.05) is 31.2 Å². The molecule has 8 nitrogen and oxygen atoms in total. The van der Waals surface area contributed by atoms with Crippen molar-refractivity contribution in [3.63, 3.8) is 0 Å². The fourth-order valence-electron chi connectivity index (χ4n) is 2.96. The molecule has 0 saturated carbocycles. The fourth-order valence-corrected chi connectivity index (χ4v) is 2.96. The number of rotatable bonds is 2. The quantitative estimate of drug-likeness (QED) is 0.861. The van der Waals surface area contributed by atoms with Gasteiger partial charge in [-0.1, -0.05) is 29.8 Å². The third-order valence-corrected chi connectivity index (χ3v) is 4.57. The van der Waals surface area contributed by atoms with Crippen LogP contribution in [0.5, 0.6) is 0 Å². The van der Waals surface area contributed by atoms with Crippen LogP contribution in [0.3, 0.4) is 0 Å². The van der Waals surface area contributed by atoms with Crippen LogP contribution in [-0.2, 0) is 0 Å². The number of urea groups is 1. The van der Waals surface area contributed by atoms with Crippen LogP contribution in [-0.4, -0.2) is 76.9 Å². The molecule has 27 heavy (non-hydrogen) atoms. The first-order valence-electron chi connectivity index (χ1n) is 8.78. The minimum absolute atomic E-state index is 0.0123. The maximum atomic E-state index is 12.7. The molecule has 1 N–H and O–H groups in total. The van der Waals surface area contributed by atoms with Crippen molar-refractivity contribution in [1.82, 2.24) is 24.7 Å². The van der Waals surface area contributed by atoms with Crippen molar-refractivity contribution in [1.29, 1.82) is 0 Å². The van der Waals surface area contributed by atoms with Gasteiger partial charge in [0.15, 0.2) is 0 Å². The van der Waals surface area contributed by atoms with Crippen LogP contribution in [0.4, 0.5) is 4.79 Å². The maximum absolute atomic E-state index is 12.7. The Bertz CT molecular complexity index is 896. The van der Waals surface area contributed by atoms with Gasteiger partial charge in [0, 0.05) is 52.0 Å². The van der Waals surface area contributed by atoms with E-state index in [0.717, 1.165) is 11.1 Å². The number of nitrogens with zero attached hydrogens (tertiary/aromatic N) is 4. The van der Waals surface area contributed by atoms with E-state index in [0.29, 0.717) is 32.0 Å². The van der Waals surface area contributed by atoms with E-state index in [4.69, 9.17) is 0 Å². The highest BCUT2D eigenvalue weighted by Crippen LogP contribution is 2.14. The number of hydrogen-bond acceptors (Lipinski definition) is 4. The molecule has 0 radical (unpaired) electrons. The average Bonchev–Trinajstić information content (AvgIpc) is 2.67. The lowest BCUT2D eigenvalue weighted by molar-refractivity contribution is 0.0648. The van der Waals surface area contributed by atoms with Gasteiger partial charge in [0.05, 0.1) is 0 Å². The molecule has 0 aliphatic carbocycles. The van der Waals surface area contributed by atoms with Gasteiger partial charge < -0.3 is 19.7 Å². The van der Waals surface area contributed by atoms with Gasteiger partial charge in [-0.2, -0.15) is 0 Å². The second-order valence-electron chi connectivity index (χ2n) is 6.80. The molecule has 3 rings (SSSR count). The number of aromatic nitrogens is 2. The molecule has 3 amide bonds. The smallest absolute Gasteiger partial charge is 0.319 e. The molecular weight excluding hydrogens is 346 g/mol. The summed E-state index contributed by atoms with van der Waals surface area (Å²) in [5.41, 5.74) is 1.45. The number of nitrogens with one attached hydrogen (secondary N) is 1. The van der Waals surface area contributed by atoms with Gasteiger partial charge in [-0.25, -0.2) is 9.78 Å². The van der Waals surface area contributed by atoms with Gasteiger partial charge in [-0.05, 0) is 6.92 Å². The van der Waals surface area contributed by atoms with Crippen molar-refractivity contribution < 1.29 is 9.59 Å². The summed E-state index contributed by atoms with van der Waals surface area (Å²) in [6.45, 7) is 3.63. The molecule has 0 spiro atoms. The first kappa shape index (κ1) is 18.6. The molecule has 1 aliphatic heterocycles. The Kier molecular flexibility index (Phi) is 5.25. The maximum Gasteiger partial charge on any atom is 0.319 e. The van der Waals surface area contributed by atoms with Crippen molar-refractivity contribution in [2.75, 3.05) is 40.3 Å². The summed E-state index contributed by atoms with van der Waals surface area (Å²) < 4.78 is 0. The Morgan fingerprint density at radius 1 is 1.04 bits per heavy atom. The lowest BCUT2D eigenvalue weighted by Crippen LogP contribution is -2.53. The van der Waals surface area contributed by atoms with Crippen molar-refractivity contribution in [2.45, 2.75) is 6.92 Å². The number of carbonyl (C=O) groups excluding carboxylic acids is 2. The molecule has 2 heterocycles. The number of piperazine rings is 1. The molecule has 1 aromatic heterocycles. The zero-order valence-corrected chi connectivity index (χ0v) is 15.7. The van der Waals surface area contributed by atoms with E-state index in [1.165, 1.54) is 11.1 Å². The number of aryl methyl sites for hydroxylation is 1. The van der Waals surface area contributed by atoms with Gasteiger partial charge >= 0.3 is 6.03 Å². The molecule has 1 saturated heterocycles. The highest BCUT2D eigenvalue weighted by atomic mass is 16.2. The summed E-state index contributed by atoms with van der Waals surface area (Å²) in [6, 6.07) is 7.53. The van der Waals surface area contributed by atoms with Crippen LogP contribution in [0.25, 0.3) is 11.4 Å². The number of benzene rings is 1. The predicted molar refractivity (Wildman–Crippen MR) is 102 cm³/mol. The average molecular weight is 369 g/mol. The highest BCUT2D eigenvalue weighted by Gasteiger charge is 2.27. The molecule has 1 aliphatic rings. The molecular formula is C19H23N5O3. The number of amides is 3. The molecule has 0 bridgehead atoms. The van der Waals surface area contributed by atoms with Crippen molar-refractivity contribution in [2.24, 2.45) is 0 Å². The lowest BCUT2D eigenvalue weighted by Gasteiger charge is -2.35. The topological polar surface area (TPSA) is 89.6 Å². The van der Waals surface area contributed by atoms with E-state index in [-0.39, 0.29) is 17.5 Å². The van der Waals surface area contributed by atoms with Gasteiger partial charge in [-0.3, -0.25) is 9.59 Å². The third kappa shape index (κ3) is 3.99. The second-order valence-corrected chi connectivity index (χ2v) is 6.80. The normalized spacial score (nSPS) is 14.2. The lowest BCUT2D eigenvalue weighted by atomic mass is 10.1. The third-order valence-electron chi connectivity index (χ3n) is 4.57.